The summed E-state index contributed by atoms with van der Waals surface area (Å²) in [4.78, 5) is 14.0. The molecule has 1 unspecified atom stereocenters. The van der Waals surface area contributed by atoms with Crippen molar-refractivity contribution in [3.8, 4) is 5.75 Å². The summed E-state index contributed by atoms with van der Waals surface area (Å²) >= 11 is 0. The molecule has 0 fully saturated rings. The van der Waals surface area contributed by atoms with Gasteiger partial charge in [-0.25, -0.2) is 9.18 Å². The quantitative estimate of drug-likeness (QED) is 0.882. The third kappa shape index (κ3) is 4.03. The Hall–Kier alpha value is -2.50. The van der Waals surface area contributed by atoms with Crippen LogP contribution in [0.15, 0.2) is 41.2 Å². The second-order valence-corrected chi connectivity index (χ2v) is 5.17. The number of benzene rings is 1. The highest BCUT2D eigenvalue weighted by Crippen LogP contribution is 2.27. The minimum Gasteiger partial charge on any atom is -0.496 e. The topological polar surface area (TPSA) is 54.7 Å². The number of hydrogen-bond acceptors (Lipinski definition) is 3. The molecule has 2 amide bonds. The molecule has 2 rings (SSSR count). The van der Waals surface area contributed by atoms with Gasteiger partial charge in [-0.15, -0.1) is 0 Å². The first kappa shape index (κ1) is 16.9. The lowest BCUT2D eigenvalue weighted by Crippen LogP contribution is -2.40. The monoisotopic (exact) mass is 320 g/mol. The second-order valence-electron chi connectivity index (χ2n) is 5.17. The lowest BCUT2D eigenvalue weighted by molar-refractivity contribution is 0.194. The van der Waals surface area contributed by atoms with E-state index < -0.39 is 11.9 Å². The van der Waals surface area contributed by atoms with E-state index in [1.54, 1.807) is 42.5 Å². The molecule has 5 nitrogen and oxygen atoms in total. The SMILES string of the molecule is CCN(Cc1ccoc1)C(=O)NC(C)c1c(F)cccc1OC. The Morgan fingerprint density at radius 2 is 2.22 bits per heavy atom. The van der Waals surface area contributed by atoms with Gasteiger partial charge in [-0.3, -0.25) is 0 Å². The normalized spacial score (nSPS) is 11.8. The molecular weight excluding hydrogens is 299 g/mol. The number of furan rings is 1. The first-order valence-corrected chi connectivity index (χ1v) is 7.45. The number of methoxy groups -OCH3 is 1. The lowest BCUT2D eigenvalue weighted by atomic mass is 10.1. The molecule has 0 bridgehead atoms. The largest absolute Gasteiger partial charge is 0.496 e. The molecule has 2 aromatic rings. The molecule has 1 aromatic heterocycles. The first-order valence-electron chi connectivity index (χ1n) is 7.45. The van der Waals surface area contributed by atoms with E-state index in [9.17, 15) is 9.18 Å². The van der Waals surface area contributed by atoms with Gasteiger partial charge >= 0.3 is 6.03 Å². The zero-order chi connectivity index (χ0) is 16.8. The number of carbonyl (C=O) groups excluding carboxylic acids is 1. The van der Waals surface area contributed by atoms with Crippen molar-refractivity contribution in [1.29, 1.82) is 0 Å². The number of urea groups is 1. The predicted molar refractivity (Wildman–Crippen MR) is 84.7 cm³/mol. The highest BCUT2D eigenvalue weighted by Gasteiger charge is 2.21. The fourth-order valence-corrected chi connectivity index (χ4v) is 2.39. The van der Waals surface area contributed by atoms with Crippen molar-refractivity contribution >= 4 is 6.03 Å². The number of halogens is 1. The third-order valence-electron chi connectivity index (χ3n) is 3.63. The van der Waals surface area contributed by atoms with Gasteiger partial charge in [-0.2, -0.15) is 0 Å². The molecule has 0 radical (unpaired) electrons. The van der Waals surface area contributed by atoms with E-state index in [-0.39, 0.29) is 6.03 Å². The van der Waals surface area contributed by atoms with Crippen molar-refractivity contribution in [2.24, 2.45) is 0 Å². The van der Waals surface area contributed by atoms with Crippen molar-refractivity contribution in [3.05, 3.63) is 53.7 Å². The Balaban J connectivity index is 2.09. The summed E-state index contributed by atoms with van der Waals surface area (Å²) in [6.07, 6.45) is 3.16. The highest BCUT2D eigenvalue weighted by atomic mass is 19.1. The minimum atomic E-state index is -0.517. The summed E-state index contributed by atoms with van der Waals surface area (Å²) in [6.45, 7) is 4.57. The molecule has 0 aliphatic heterocycles. The molecule has 1 aromatic carbocycles. The third-order valence-corrected chi connectivity index (χ3v) is 3.63. The average molecular weight is 320 g/mol. The van der Waals surface area contributed by atoms with Crippen LogP contribution in [0.3, 0.4) is 0 Å². The summed E-state index contributed by atoms with van der Waals surface area (Å²) in [6, 6.07) is 5.61. The number of carbonyl (C=O) groups is 1. The second kappa shape index (κ2) is 7.67. The van der Waals surface area contributed by atoms with Crippen LogP contribution in [0.1, 0.15) is 31.0 Å². The van der Waals surface area contributed by atoms with Crippen LogP contribution in [0, 0.1) is 5.82 Å². The molecule has 1 atom stereocenters. The Kier molecular flexibility index (Phi) is 5.62. The first-order chi connectivity index (χ1) is 11.1. The molecule has 1 heterocycles. The maximum absolute atomic E-state index is 14.1. The van der Waals surface area contributed by atoms with Crippen LogP contribution in [0.4, 0.5) is 9.18 Å². The smallest absolute Gasteiger partial charge is 0.318 e. The van der Waals surface area contributed by atoms with Crippen LogP contribution in [-0.4, -0.2) is 24.6 Å². The summed E-state index contributed by atoms with van der Waals surface area (Å²) in [7, 11) is 1.48. The van der Waals surface area contributed by atoms with Gasteiger partial charge in [0.1, 0.15) is 11.6 Å². The van der Waals surface area contributed by atoms with Gasteiger partial charge in [0.15, 0.2) is 0 Å². The number of nitrogens with one attached hydrogen (secondary N) is 1. The molecule has 0 saturated heterocycles. The fraction of sp³-hybridized carbons (Fsp3) is 0.353. The Bertz CT molecular complexity index is 643. The number of rotatable bonds is 6. The van der Waals surface area contributed by atoms with Crippen LogP contribution in [0.25, 0.3) is 0 Å². The highest BCUT2D eigenvalue weighted by molar-refractivity contribution is 5.74. The Morgan fingerprint density at radius 3 is 2.83 bits per heavy atom. The summed E-state index contributed by atoms with van der Waals surface area (Å²) in [5.41, 5.74) is 1.24. The van der Waals surface area contributed by atoms with E-state index in [1.807, 2.05) is 6.92 Å². The van der Waals surface area contributed by atoms with Crippen molar-refractivity contribution in [1.82, 2.24) is 10.2 Å². The lowest BCUT2D eigenvalue weighted by Gasteiger charge is -2.24. The van der Waals surface area contributed by atoms with Gasteiger partial charge in [0.05, 0.1) is 37.8 Å². The van der Waals surface area contributed by atoms with E-state index in [4.69, 9.17) is 9.15 Å². The average Bonchev–Trinajstić information content (AvgIpc) is 3.04. The number of amides is 2. The van der Waals surface area contributed by atoms with Crippen LogP contribution < -0.4 is 10.1 Å². The fourth-order valence-electron chi connectivity index (χ4n) is 2.39. The van der Waals surface area contributed by atoms with E-state index in [0.29, 0.717) is 24.4 Å². The summed E-state index contributed by atoms with van der Waals surface area (Å²) in [5, 5.41) is 2.81. The standard InChI is InChI=1S/C17H21FN2O3/c1-4-20(10-13-8-9-23-11-13)17(21)19-12(2)16-14(18)6-5-7-15(16)22-3/h5-9,11-12H,4,10H2,1-3H3,(H,19,21). The molecule has 0 aliphatic rings. The Labute approximate surface area is 135 Å². The van der Waals surface area contributed by atoms with E-state index in [1.165, 1.54) is 13.2 Å². The molecule has 6 heteroatoms. The maximum atomic E-state index is 14.1. The zero-order valence-corrected chi connectivity index (χ0v) is 13.5. The molecule has 1 N–H and O–H groups in total. The zero-order valence-electron chi connectivity index (χ0n) is 13.5. The van der Waals surface area contributed by atoms with Crippen molar-refractivity contribution < 1.29 is 18.3 Å². The van der Waals surface area contributed by atoms with Crippen molar-refractivity contribution in [3.63, 3.8) is 0 Å². The molecule has 23 heavy (non-hydrogen) atoms. The minimum absolute atomic E-state index is 0.272. The number of hydrogen-bond donors (Lipinski definition) is 1. The molecular formula is C17H21FN2O3. The van der Waals surface area contributed by atoms with Gasteiger partial charge < -0.3 is 19.4 Å². The van der Waals surface area contributed by atoms with Gasteiger partial charge in [-0.1, -0.05) is 6.07 Å². The van der Waals surface area contributed by atoms with Crippen molar-refractivity contribution in [2.75, 3.05) is 13.7 Å². The van der Waals surface area contributed by atoms with Gasteiger partial charge in [0, 0.05) is 12.1 Å². The van der Waals surface area contributed by atoms with Gasteiger partial charge in [-0.05, 0) is 32.0 Å². The molecule has 0 saturated carbocycles. The Morgan fingerprint density at radius 1 is 1.43 bits per heavy atom. The van der Waals surface area contributed by atoms with Crippen LogP contribution in [0.2, 0.25) is 0 Å². The summed E-state index contributed by atoms with van der Waals surface area (Å²) < 4.78 is 24.3. The molecule has 124 valence electrons. The van der Waals surface area contributed by atoms with Crippen LogP contribution in [0.5, 0.6) is 5.75 Å². The number of ether oxygens (including phenoxy) is 1. The van der Waals surface area contributed by atoms with Crippen LogP contribution in [-0.2, 0) is 6.54 Å². The van der Waals surface area contributed by atoms with E-state index in [2.05, 4.69) is 5.32 Å². The van der Waals surface area contributed by atoms with Crippen molar-refractivity contribution in [2.45, 2.75) is 26.4 Å². The van der Waals surface area contributed by atoms with E-state index >= 15 is 0 Å². The van der Waals surface area contributed by atoms with Crippen LogP contribution >= 0.6 is 0 Å². The molecule has 0 aliphatic carbocycles. The van der Waals surface area contributed by atoms with Gasteiger partial charge in [0.25, 0.3) is 0 Å². The summed E-state index contributed by atoms with van der Waals surface area (Å²) in [5.74, 6) is 0.00529. The maximum Gasteiger partial charge on any atom is 0.318 e. The predicted octanol–water partition coefficient (Wildman–Crippen LogP) is 3.72. The molecule has 0 spiro atoms. The number of nitrogens with zero attached hydrogens (tertiary/aromatic N) is 1. The van der Waals surface area contributed by atoms with Gasteiger partial charge in [0.2, 0.25) is 0 Å². The van der Waals surface area contributed by atoms with E-state index in [0.717, 1.165) is 5.56 Å².